The average molecular weight is 206 g/mol. The number of nitrogens with zero attached hydrogens (tertiary/aromatic N) is 1. The van der Waals surface area contributed by atoms with Crippen molar-refractivity contribution in [3.8, 4) is 0 Å². The van der Waals surface area contributed by atoms with Gasteiger partial charge in [0.15, 0.2) is 12.4 Å². The fourth-order valence-electron chi connectivity index (χ4n) is 1.09. The molecule has 0 aliphatic rings. The molecule has 15 heavy (non-hydrogen) atoms. The Morgan fingerprint density at radius 1 is 1.33 bits per heavy atom. The molecule has 0 bridgehead atoms. The van der Waals surface area contributed by atoms with Crippen LogP contribution in [0.1, 0.15) is 19.8 Å². The zero-order chi connectivity index (χ0) is 11.1. The summed E-state index contributed by atoms with van der Waals surface area (Å²) in [7, 11) is 0. The molecule has 80 valence electrons. The van der Waals surface area contributed by atoms with Gasteiger partial charge in [0, 0.05) is 23.3 Å². The molecule has 0 aliphatic heterocycles. The number of hydrogen-bond acceptors (Lipinski definition) is 2. The van der Waals surface area contributed by atoms with Gasteiger partial charge in [0.1, 0.15) is 0 Å². The molecule has 1 rings (SSSR count). The van der Waals surface area contributed by atoms with E-state index in [0.29, 0.717) is 25.0 Å². The molecule has 0 N–H and O–H groups in total. The highest BCUT2D eigenvalue weighted by Gasteiger charge is 2.03. The number of aromatic nitrogens is 1. The molecule has 0 aliphatic carbocycles. The molecule has 1 aromatic heterocycles. The van der Waals surface area contributed by atoms with E-state index in [1.54, 1.807) is 11.7 Å². The zero-order valence-corrected chi connectivity index (χ0v) is 8.98. The number of carbonyl (C=O) groups excluding carboxylic acids is 1. The number of rotatable bonds is 6. The lowest BCUT2D eigenvalue weighted by molar-refractivity contribution is -0.891. The molecule has 1 aromatic rings. The fraction of sp³-hybridized carbons (Fsp3) is 0.333. The maximum absolute atomic E-state index is 11.2. The molecule has 0 unspecified atom stereocenters. The summed E-state index contributed by atoms with van der Waals surface area (Å²) < 4.78 is 1.63. The monoisotopic (exact) mass is 206 g/mol. The van der Waals surface area contributed by atoms with E-state index in [2.05, 4.69) is 6.58 Å². The van der Waals surface area contributed by atoms with Crippen LogP contribution in [0.15, 0.2) is 42.7 Å². The van der Waals surface area contributed by atoms with Crippen molar-refractivity contribution in [3.63, 3.8) is 0 Å². The van der Waals surface area contributed by atoms with Crippen LogP contribution in [-0.2, 0) is 4.79 Å². The van der Waals surface area contributed by atoms with Crippen molar-refractivity contribution in [2.75, 3.05) is 6.61 Å². The Kier molecular flexibility index (Phi) is 4.54. The van der Waals surface area contributed by atoms with Crippen LogP contribution in [0.4, 0.5) is 0 Å². The standard InChI is InChI=1S/C12H16NO2/c1-11(2)12(14)7-6-10-15-13-8-4-3-5-9-13/h3-5,8-9H,1,6-7,10H2,2H3/q+1. The van der Waals surface area contributed by atoms with E-state index in [-0.39, 0.29) is 5.78 Å². The lowest BCUT2D eigenvalue weighted by Gasteiger charge is -1.98. The van der Waals surface area contributed by atoms with E-state index in [1.165, 1.54) is 0 Å². The molecule has 0 amide bonds. The highest BCUT2D eigenvalue weighted by molar-refractivity contribution is 5.93. The van der Waals surface area contributed by atoms with Gasteiger partial charge in [0.2, 0.25) is 12.4 Å². The lowest BCUT2D eigenvalue weighted by Crippen LogP contribution is -2.42. The van der Waals surface area contributed by atoms with E-state index in [9.17, 15) is 4.79 Å². The molecule has 0 atom stereocenters. The summed E-state index contributed by atoms with van der Waals surface area (Å²) in [5.74, 6) is 0.108. The van der Waals surface area contributed by atoms with Gasteiger partial charge in [0.25, 0.3) is 0 Å². The first kappa shape index (κ1) is 11.4. The minimum atomic E-state index is 0.108. The molecule has 0 saturated carbocycles. The Labute approximate surface area is 90.0 Å². The number of allylic oxidation sites excluding steroid dienone is 1. The maximum atomic E-state index is 11.2. The topological polar surface area (TPSA) is 30.2 Å². The molecule has 1 heterocycles. The minimum Gasteiger partial charge on any atom is -0.295 e. The molecule has 3 nitrogen and oxygen atoms in total. The van der Waals surface area contributed by atoms with Crippen molar-refractivity contribution < 1.29 is 14.4 Å². The number of carbonyl (C=O) groups is 1. The van der Waals surface area contributed by atoms with Gasteiger partial charge >= 0.3 is 0 Å². The number of pyridine rings is 1. The van der Waals surface area contributed by atoms with Crippen LogP contribution in [0.5, 0.6) is 0 Å². The maximum Gasteiger partial charge on any atom is 0.222 e. The third-order valence-corrected chi connectivity index (χ3v) is 1.95. The molecular weight excluding hydrogens is 190 g/mol. The van der Waals surface area contributed by atoms with Crippen LogP contribution < -0.4 is 9.57 Å². The number of Topliss-reactive ketones (excluding diaryl/α,β-unsaturated/α-hetero) is 1. The smallest absolute Gasteiger partial charge is 0.222 e. The third-order valence-electron chi connectivity index (χ3n) is 1.95. The summed E-state index contributed by atoms with van der Waals surface area (Å²) in [5, 5.41) is 0. The van der Waals surface area contributed by atoms with Gasteiger partial charge in [-0.05, 0) is 18.9 Å². The first-order valence-corrected chi connectivity index (χ1v) is 4.98. The highest BCUT2D eigenvalue weighted by Crippen LogP contribution is 1.97. The summed E-state index contributed by atoms with van der Waals surface area (Å²) in [4.78, 5) is 16.6. The summed E-state index contributed by atoms with van der Waals surface area (Å²) in [6, 6.07) is 5.70. The summed E-state index contributed by atoms with van der Waals surface area (Å²) in [6.07, 6.45) is 4.86. The molecule has 0 spiro atoms. The second kappa shape index (κ2) is 5.96. The van der Waals surface area contributed by atoms with Gasteiger partial charge in [0.05, 0.1) is 0 Å². The first-order chi connectivity index (χ1) is 7.20. The van der Waals surface area contributed by atoms with E-state index in [1.807, 2.05) is 30.6 Å². The summed E-state index contributed by atoms with van der Waals surface area (Å²) in [5.41, 5.74) is 0.613. The van der Waals surface area contributed by atoms with Crippen LogP contribution in [-0.4, -0.2) is 12.4 Å². The Bertz CT molecular complexity index is 333. The first-order valence-electron chi connectivity index (χ1n) is 4.98. The van der Waals surface area contributed by atoms with Gasteiger partial charge in [-0.3, -0.25) is 9.63 Å². The Hall–Kier alpha value is -1.64. The van der Waals surface area contributed by atoms with E-state index in [0.717, 1.165) is 0 Å². The van der Waals surface area contributed by atoms with Gasteiger partial charge in [-0.1, -0.05) is 12.6 Å². The van der Waals surface area contributed by atoms with Gasteiger partial charge < -0.3 is 0 Å². The lowest BCUT2D eigenvalue weighted by atomic mass is 10.1. The van der Waals surface area contributed by atoms with Crippen molar-refractivity contribution in [1.29, 1.82) is 0 Å². The van der Waals surface area contributed by atoms with Crippen LogP contribution >= 0.6 is 0 Å². The zero-order valence-electron chi connectivity index (χ0n) is 8.98. The van der Waals surface area contributed by atoms with Crippen molar-refractivity contribution in [1.82, 2.24) is 0 Å². The van der Waals surface area contributed by atoms with E-state index in [4.69, 9.17) is 4.84 Å². The van der Waals surface area contributed by atoms with E-state index >= 15 is 0 Å². The number of hydrogen-bond donors (Lipinski definition) is 0. The van der Waals surface area contributed by atoms with Crippen molar-refractivity contribution in [2.45, 2.75) is 19.8 Å². The normalized spacial score (nSPS) is 9.67. The van der Waals surface area contributed by atoms with Gasteiger partial charge in [-0.2, -0.15) is 0 Å². The largest absolute Gasteiger partial charge is 0.295 e. The second-order valence-corrected chi connectivity index (χ2v) is 3.38. The predicted molar refractivity (Wildman–Crippen MR) is 57.1 cm³/mol. The Morgan fingerprint density at radius 3 is 2.60 bits per heavy atom. The quantitative estimate of drug-likeness (QED) is 0.399. The van der Waals surface area contributed by atoms with Crippen molar-refractivity contribution >= 4 is 5.78 Å². The molecule has 0 fully saturated rings. The van der Waals surface area contributed by atoms with Crippen LogP contribution in [0.25, 0.3) is 0 Å². The van der Waals surface area contributed by atoms with E-state index < -0.39 is 0 Å². The minimum absolute atomic E-state index is 0.108. The average Bonchev–Trinajstić information content (AvgIpc) is 2.25. The number of ketones is 1. The van der Waals surface area contributed by atoms with Crippen molar-refractivity contribution in [3.05, 3.63) is 42.7 Å². The Morgan fingerprint density at radius 2 is 2.00 bits per heavy atom. The van der Waals surface area contributed by atoms with Gasteiger partial charge in [-0.15, -0.1) is 0 Å². The second-order valence-electron chi connectivity index (χ2n) is 3.38. The molecular formula is C12H16NO2+. The van der Waals surface area contributed by atoms with Crippen LogP contribution in [0.3, 0.4) is 0 Å². The fourth-order valence-corrected chi connectivity index (χ4v) is 1.09. The molecule has 3 heteroatoms. The molecule has 0 radical (unpaired) electrons. The summed E-state index contributed by atoms with van der Waals surface area (Å²) >= 11 is 0. The van der Waals surface area contributed by atoms with Crippen LogP contribution in [0.2, 0.25) is 0 Å². The Balaban J connectivity index is 2.18. The molecule has 0 aromatic carbocycles. The molecule has 0 saturated heterocycles. The summed E-state index contributed by atoms with van der Waals surface area (Å²) in [6.45, 7) is 5.86. The van der Waals surface area contributed by atoms with Gasteiger partial charge in [-0.25, -0.2) is 0 Å². The predicted octanol–water partition coefficient (Wildman–Crippen LogP) is 1.33. The van der Waals surface area contributed by atoms with Crippen molar-refractivity contribution in [2.24, 2.45) is 0 Å². The third kappa shape index (κ3) is 4.40. The van der Waals surface area contributed by atoms with Crippen LogP contribution in [0, 0.1) is 0 Å². The SMILES string of the molecule is C=C(C)C(=O)CCCO[n+]1ccccc1. The highest BCUT2D eigenvalue weighted by atomic mass is 16.7.